The van der Waals surface area contributed by atoms with Crippen molar-refractivity contribution in [3.63, 3.8) is 0 Å². The third kappa shape index (κ3) is 3.80. The van der Waals surface area contributed by atoms with E-state index in [0.29, 0.717) is 34.0 Å². The van der Waals surface area contributed by atoms with E-state index in [1.165, 1.54) is 21.3 Å². The SMILES string of the molecule is COc1ccc(C(=N)O/C(N)=N/c2nc3c(OC)nc(C)cc3[nH]2)cc1OC. The number of aromatic amines is 1. The lowest BCUT2D eigenvalue weighted by Gasteiger charge is -2.10. The van der Waals surface area contributed by atoms with E-state index in [1.807, 2.05) is 13.0 Å². The normalized spacial score (nSPS) is 11.4. The molecule has 4 N–H and O–H groups in total. The Morgan fingerprint density at radius 3 is 2.50 bits per heavy atom. The quantitative estimate of drug-likeness (QED) is 0.452. The number of nitrogens with zero attached hydrogens (tertiary/aromatic N) is 3. The second kappa shape index (κ2) is 7.82. The first-order valence-electron chi connectivity index (χ1n) is 8.19. The van der Waals surface area contributed by atoms with Gasteiger partial charge in [0.15, 0.2) is 17.0 Å². The van der Waals surface area contributed by atoms with Gasteiger partial charge in [-0.05, 0) is 31.2 Å². The van der Waals surface area contributed by atoms with E-state index in [9.17, 15) is 0 Å². The van der Waals surface area contributed by atoms with E-state index < -0.39 is 0 Å². The number of amidine groups is 1. The second-order valence-corrected chi connectivity index (χ2v) is 5.68. The summed E-state index contributed by atoms with van der Waals surface area (Å²) in [6, 6.07) is 6.49. The number of benzene rings is 1. The van der Waals surface area contributed by atoms with Gasteiger partial charge in [-0.2, -0.15) is 4.99 Å². The topological polar surface area (TPSA) is 141 Å². The summed E-state index contributed by atoms with van der Waals surface area (Å²) in [4.78, 5) is 15.6. The first kappa shape index (κ1) is 19.0. The molecule has 146 valence electrons. The lowest BCUT2D eigenvalue weighted by Crippen LogP contribution is -2.20. The van der Waals surface area contributed by atoms with Gasteiger partial charge in [0.1, 0.15) is 0 Å². The van der Waals surface area contributed by atoms with Crippen molar-refractivity contribution < 1.29 is 18.9 Å². The zero-order chi connectivity index (χ0) is 20.3. The number of nitrogens with one attached hydrogen (secondary N) is 2. The molecular formula is C18H20N6O4. The first-order valence-corrected chi connectivity index (χ1v) is 8.19. The summed E-state index contributed by atoms with van der Waals surface area (Å²) in [5.74, 6) is 1.40. The van der Waals surface area contributed by atoms with Crippen LogP contribution in [0.15, 0.2) is 29.3 Å². The lowest BCUT2D eigenvalue weighted by atomic mass is 10.2. The Balaban J connectivity index is 1.82. The monoisotopic (exact) mass is 384 g/mol. The van der Waals surface area contributed by atoms with Crippen LogP contribution in [0.2, 0.25) is 0 Å². The summed E-state index contributed by atoms with van der Waals surface area (Å²) in [6.45, 7) is 1.84. The van der Waals surface area contributed by atoms with Gasteiger partial charge in [0.25, 0.3) is 6.02 Å². The number of rotatable bonds is 5. The van der Waals surface area contributed by atoms with Gasteiger partial charge in [-0.15, -0.1) is 0 Å². The molecule has 0 aliphatic carbocycles. The van der Waals surface area contributed by atoms with Crippen molar-refractivity contribution in [3.05, 3.63) is 35.5 Å². The minimum Gasteiger partial charge on any atom is -0.493 e. The average molecular weight is 384 g/mol. The molecule has 0 spiro atoms. The van der Waals surface area contributed by atoms with E-state index in [2.05, 4.69) is 19.9 Å². The highest BCUT2D eigenvalue weighted by Crippen LogP contribution is 2.28. The Kier molecular flexibility index (Phi) is 5.30. The van der Waals surface area contributed by atoms with Crippen molar-refractivity contribution in [1.29, 1.82) is 5.41 Å². The molecule has 2 aromatic heterocycles. The maximum Gasteiger partial charge on any atom is 0.296 e. The van der Waals surface area contributed by atoms with Crippen molar-refractivity contribution >= 4 is 28.9 Å². The molecule has 1 aromatic carbocycles. The molecule has 0 unspecified atom stereocenters. The maximum absolute atomic E-state index is 8.08. The number of imidazole rings is 1. The number of aromatic nitrogens is 3. The van der Waals surface area contributed by atoms with E-state index in [1.54, 1.807) is 18.2 Å². The Morgan fingerprint density at radius 1 is 1.07 bits per heavy atom. The average Bonchev–Trinajstić information content (AvgIpc) is 3.08. The molecule has 0 aliphatic heterocycles. The fourth-order valence-corrected chi connectivity index (χ4v) is 2.56. The predicted octanol–water partition coefficient (Wildman–Crippen LogP) is 2.28. The summed E-state index contributed by atoms with van der Waals surface area (Å²) in [7, 11) is 4.55. The Hall–Kier alpha value is -3.82. The zero-order valence-corrected chi connectivity index (χ0v) is 15.9. The Morgan fingerprint density at radius 2 is 1.82 bits per heavy atom. The fourth-order valence-electron chi connectivity index (χ4n) is 2.56. The maximum atomic E-state index is 8.08. The fraction of sp³-hybridized carbons (Fsp3) is 0.222. The molecule has 10 nitrogen and oxygen atoms in total. The molecule has 0 radical (unpaired) electrons. The highest BCUT2D eigenvalue weighted by molar-refractivity contribution is 5.99. The number of aryl methyl sites for hydroxylation is 1. The van der Waals surface area contributed by atoms with Gasteiger partial charge in [0, 0.05) is 11.3 Å². The Bertz CT molecular complexity index is 1060. The van der Waals surface area contributed by atoms with Crippen LogP contribution in [0, 0.1) is 12.3 Å². The smallest absolute Gasteiger partial charge is 0.296 e. The van der Waals surface area contributed by atoms with Crippen LogP contribution in [0.4, 0.5) is 5.95 Å². The third-order valence-electron chi connectivity index (χ3n) is 3.81. The molecule has 0 atom stereocenters. The van der Waals surface area contributed by atoms with Crippen LogP contribution in [-0.2, 0) is 4.74 Å². The van der Waals surface area contributed by atoms with Gasteiger partial charge in [-0.25, -0.2) is 9.97 Å². The number of methoxy groups -OCH3 is 3. The van der Waals surface area contributed by atoms with Crippen LogP contribution < -0.4 is 19.9 Å². The minimum atomic E-state index is -0.248. The van der Waals surface area contributed by atoms with Crippen LogP contribution in [0.5, 0.6) is 17.4 Å². The van der Waals surface area contributed by atoms with Crippen LogP contribution in [0.3, 0.4) is 0 Å². The van der Waals surface area contributed by atoms with Crippen LogP contribution in [-0.4, -0.2) is 48.2 Å². The number of H-pyrrole nitrogens is 1. The van der Waals surface area contributed by atoms with E-state index in [4.69, 9.17) is 30.1 Å². The second-order valence-electron chi connectivity index (χ2n) is 5.68. The van der Waals surface area contributed by atoms with E-state index >= 15 is 0 Å². The summed E-state index contributed by atoms with van der Waals surface area (Å²) >= 11 is 0. The van der Waals surface area contributed by atoms with Gasteiger partial charge >= 0.3 is 0 Å². The molecule has 3 aromatic rings. The number of fused-ring (bicyclic) bond motifs is 1. The van der Waals surface area contributed by atoms with Gasteiger partial charge in [0.2, 0.25) is 17.7 Å². The molecule has 0 saturated heterocycles. The number of ether oxygens (including phenoxy) is 4. The van der Waals surface area contributed by atoms with Gasteiger partial charge in [-0.3, -0.25) is 5.41 Å². The summed E-state index contributed by atoms with van der Waals surface area (Å²) in [5.41, 5.74) is 8.25. The van der Waals surface area contributed by atoms with Crippen LogP contribution in [0.1, 0.15) is 11.3 Å². The summed E-state index contributed by atoms with van der Waals surface area (Å²) in [6.07, 6.45) is 0. The summed E-state index contributed by atoms with van der Waals surface area (Å²) < 4.78 is 20.9. The molecule has 10 heteroatoms. The Labute approximate surface area is 160 Å². The minimum absolute atomic E-state index is 0.201. The lowest BCUT2D eigenvalue weighted by molar-refractivity contribution is 0.354. The van der Waals surface area contributed by atoms with Gasteiger partial charge in [0.05, 0.1) is 26.8 Å². The van der Waals surface area contributed by atoms with Crippen molar-refractivity contribution in [2.45, 2.75) is 6.92 Å². The van der Waals surface area contributed by atoms with Crippen molar-refractivity contribution in [1.82, 2.24) is 15.0 Å². The number of hydrogen-bond acceptors (Lipinski definition) is 8. The third-order valence-corrected chi connectivity index (χ3v) is 3.81. The van der Waals surface area contributed by atoms with Crippen molar-refractivity contribution in [2.24, 2.45) is 10.7 Å². The highest BCUT2D eigenvalue weighted by atomic mass is 16.5. The molecule has 0 bridgehead atoms. The molecule has 0 aliphatic rings. The summed E-state index contributed by atoms with van der Waals surface area (Å²) in [5, 5.41) is 8.08. The number of hydrogen-bond donors (Lipinski definition) is 3. The van der Waals surface area contributed by atoms with Crippen molar-refractivity contribution in [3.8, 4) is 17.4 Å². The number of pyridine rings is 1. The molecule has 3 rings (SSSR count). The van der Waals surface area contributed by atoms with E-state index in [0.717, 1.165) is 5.69 Å². The molecule has 0 fully saturated rings. The number of nitrogens with two attached hydrogens (primary N) is 1. The van der Waals surface area contributed by atoms with Crippen LogP contribution >= 0.6 is 0 Å². The largest absolute Gasteiger partial charge is 0.493 e. The number of aliphatic imine (C=N–C) groups is 1. The molecule has 0 saturated carbocycles. The molecule has 2 heterocycles. The van der Waals surface area contributed by atoms with Crippen molar-refractivity contribution in [2.75, 3.05) is 21.3 Å². The van der Waals surface area contributed by atoms with E-state index in [-0.39, 0.29) is 17.9 Å². The predicted molar refractivity (Wildman–Crippen MR) is 104 cm³/mol. The zero-order valence-electron chi connectivity index (χ0n) is 15.9. The highest BCUT2D eigenvalue weighted by Gasteiger charge is 2.13. The van der Waals surface area contributed by atoms with Crippen LogP contribution in [0.25, 0.3) is 11.0 Å². The first-order chi connectivity index (χ1) is 13.4. The molecular weight excluding hydrogens is 364 g/mol. The van der Waals surface area contributed by atoms with Gasteiger partial charge < -0.3 is 29.7 Å². The standard InChI is InChI=1S/C18H20N6O4/c1-9-7-11-14(16(21-9)27-4)23-18(22-11)24-17(20)28-15(19)10-5-6-12(25-2)13(8-10)26-3/h5-8,19H,1-4H3,(H3,20,22,23,24). The molecule has 28 heavy (non-hydrogen) atoms. The molecule has 0 amide bonds. The van der Waals surface area contributed by atoms with Gasteiger partial charge in [-0.1, -0.05) is 0 Å².